The maximum Gasteiger partial charge on any atom is 0.248 e. The third kappa shape index (κ3) is 2.89. The van der Waals surface area contributed by atoms with Gasteiger partial charge in [-0.3, -0.25) is 15.2 Å². The Balaban J connectivity index is 1.54. The fraction of sp³-hybridized carbons (Fsp3) is 0.556. The van der Waals surface area contributed by atoms with Gasteiger partial charge >= 0.3 is 0 Å². The molecule has 1 fully saturated rings. The number of aryl methyl sites for hydroxylation is 1. The molecule has 1 amide bonds. The van der Waals surface area contributed by atoms with Crippen LogP contribution in [0.3, 0.4) is 0 Å². The smallest absolute Gasteiger partial charge is 0.248 e. The second kappa shape index (κ2) is 4.96. The Morgan fingerprint density at radius 1 is 1.58 bits per heavy atom. The van der Waals surface area contributed by atoms with Crippen LogP contribution in [0.25, 0.3) is 0 Å². The third-order valence-electron chi connectivity index (χ3n) is 2.54. The number of aromatic nitrogens is 7. The van der Waals surface area contributed by atoms with Gasteiger partial charge in [-0.2, -0.15) is 4.98 Å². The molecule has 0 aliphatic heterocycles. The summed E-state index contributed by atoms with van der Waals surface area (Å²) in [4.78, 5) is 15.7. The third-order valence-corrected chi connectivity index (χ3v) is 3.47. The van der Waals surface area contributed by atoms with Crippen LogP contribution < -0.4 is 5.32 Å². The van der Waals surface area contributed by atoms with Gasteiger partial charge in [-0.05, 0) is 30.2 Å². The predicted molar refractivity (Wildman–Crippen MR) is 66.6 cm³/mol. The van der Waals surface area contributed by atoms with Crippen molar-refractivity contribution in [3.8, 4) is 0 Å². The molecule has 0 aromatic carbocycles. The SMILES string of the molecule is Cc1nc(NC(=O)CSc2nnnn2C2CC2)n[nH]1. The highest BCUT2D eigenvalue weighted by Crippen LogP contribution is 2.36. The number of nitrogens with one attached hydrogen (secondary N) is 2. The van der Waals surface area contributed by atoms with E-state index in [1.807, 2.05) is 0 Å². The van der Waals surface area contributed by atoms with Crippen molar-refractivity contribution in [2.24, 2.45) is 0 Å². The van der Waals surface area contributed by atoms with E-state index in [1.165, 1.54) is 11.8 Å². The number of carbonyl (C=O) groups excluding carboxylic acids is 1. The first-order valence-corrected chi connectivity index (χ1v) is 6.80. The molecule has 0 radical (unpaired) electrons. The molecular formula is C9H12N8OS. The molecule has 3 rings (SSSR count). The average Bonchev–Trinajstić information content (AvgIpc) is 2.98. The number of anilines is 1. The van der Waals surface area contributed by atoms with Gasteiger partial charge in [0, 0.05) is 0 Å². The summed E-state index contributed by atoms with van der Waals surface area (Å²) in [5.74, 6) is 0.973. The molecule has 1 saturated carbocycles. The summed E-state index contributed by atoms with van der Waals surface area (Å²) in [5, 5.41) is 21.2. The molecular weight excluding hydrogens is 268 g/mol. The van der Waals surface area contributed by atoms with Crippen molar-refractivity contribution in [3.05, 3.63) is 5.82 Å². The molecule has 0 atom stereocenters. The Morgan fingerprint density at radius 3 is 3.11 bits per heavy atom. The van der Waals surface area contributed by atoms with E-state index >= 15 is 0 Å². The summed E-state index contributed by atoms with van der Waals surface area (Å²) >= 11 is 1.31. The quantitative estimate of drug-likeness (QED) is 0.750. The van der Waals surface area contributed by atoms with Crippen molar-refractivity contribution >= 4 is 23.6 Å². The Morgan fingerprint density at radius 2 is 2.42 bits per heavy atom. The van der Waals surface area contributed by atoms with Gasteiger partial charge in [-0.25, -0.2) is 4.68 Å². The molecule has 9 nitrogen and oxygen atoms in total. The van der Waals surface area contributed by atoms with E-state index in [9.17, 15) is 4.79 Å². The Hall–Kier alpha value is -1.97. The first-order valence-electron chi connectivity index (χ1n) is 5.82. The Kier molecular flexibility index (Phi) is 3.15. The second-order valence-corrected chi connectivity index (χ2v) is 5.16. The van der Waals surface area contributed by atoms with E-state index < -0.39 is 0 Å². The zero-order valence-corrected chi connectivity index (χ0v) is 11.0. The summed E-state index contributed by atoms with van der Waals surface area (Å²) in [7, 11) is 0. The highest BCUT2D eigenvalue weighted by atomic mass is 32.2. The predicted octanol–water partition coefficient (Wildman–Crippen LogP) is 0.165. The number of tetrazole rings is 1. The highest BCUT2D eigenvalue weighted by Gasteiger charge is 2.28. The fourth-order valence-electron chi connectivity index (χ4n) is 1.52. The lowest BCUT2D eigenvalue weighted by atomic mass is 10.7. The lowest BCUT2D eigenvalue weighted by molar-refractivity contribution is -0.113. The number of aromatic amines is 1. The number of hydrogen-bond acceptors (Lipinski definition) is 7. The van der Waals surface area contributed by atoms with Crippen molar-refractivity contribution in [1.82, 2.24) is 35.4 Å². The Bertz CT molecular complexity index is 589. The van der Waals surface area contributed by atoms with Gasteiger partial charge in [-0.15, -0.1) is 10.2 Å². The van der Waals surface area contributed by atoms with E-state index in [0.29, 0.717) is 17.0 Å². The number of H-pyrrole nitrogens is 1. The normalized spacial score (nSPS) is 14.6. The number of hydrogen-bond donors (Lipinski definition) is 2. The Labute approximate surface area is 112 Å². The van der Waals surface area contributed by atoms with E-state index in [-0.39, 0.29) is 17.6 Å². The first-order chi connectivity index (χ1) is 9.22. The molecule has 0 saturated heterocycles. The van der Waals surface area contributed by atoms with Crippen LogP contribution in [-0.4, -0.2) is 47.0 Å². The maximum absolute atomic E-state index is 11.7. The number of nitrogens with zero attached hydrogens (tertiary/aromatic N) is 6. The summed E-state index contributed by atoms with van der Waals surface area (Å²) in [6.07, 6.45) is 2.20. The van der Waals surface area contributed by atoms with Crippen molar-refractivity contribution < 1.29 is 4.79 Å². The lowest BCUT2D eigenvalue weighted by Gasteiger charge is -2.01. The molecule has 1 aliphatic rings. The van der Waals surface area contributed by atoms with E-state index in [2.05, 4.69) is 36.0 Å². The molecule has 2 N–H and O–H groups in total. The molecule has 0 spiro atoms. The van der Waals surface area contributed by atoms with Crippen LogP contribution in [0.2, 0.25) is 0 Å². The van der Waals surface area contributed by atoms with Crippen molar-refractivity contribution in [1.29, 1.82) is 0 Å². The van der Waals surface area contributed by atoms with Crippen molar-refractivity contribution in [2.45, 2.75) is 31.0 Å². The van der Waals surface area contributed by atoms with E-state index in [1.54, 1.807) is 11.6 Å². The van der Waals surface area contributed by atoms with Crippen LogP contribution >= 0.6 is 11.8 Å². The molecule has 1 aliphatic carbocycles. The summed E-state index contributed by atoms with van der Waals surface area (Å²) in [6, 6.07) is 0.399. The van der Waals surface area contributed by atoms with Crippen LogP contribution in [0.1, 0.15) is 24.7 Å². The van der Waals surface area contributed by atoms with Crippen LogP contribution in [-0.2, 0) is 4.79 Å². The molecule has 2 heterocycles. The zero-order chi connectivity index (χ0) is 13.2. The number of rotatable bonds is 5. The van der Waals surface area contributed by atoms with Crippen molar-refractivity contribution in [3.63, 3.8) is 0 Å². The molecule has 0 bridgehead atoms. The second-order valence-electron chi connectivity index (χ2n) is 4.22. The standard InChI is InChI=1S/C9H12N8OS/c1-5-10-8(13-12-5)11-7(18)4-19-9-14-15-16-17(9)6-2-3-6/h6H,2-4H2,1H3,(H2,10,11,12,13,18). The first kappa shape index (κ1) is 12.1. The molecule has 0 unspecified atom stereocenters. The minimum Gasteiger partial charge on any atom is -0.292 e. The molecule has 100 valence electrons. The largest absolute Gasteiger partial charge is 0.292 e. The maximum atomic E-state index is 11.7. The van der Waals surface area contributed by atoms with Crippen LogP contribution in [0, 0.1) is 6.92 Å². The fourth-order valence-corrected chi connectivity index (χ4v) is 2.26. The van der Waals surface area contributed by atoms with Crippen LogP contribution in [0.15, 0.2) is 5.16 Å². The zero-order valence-electron chi connectivity index (χ0n) is 10.2. The number of thioether (sulfide) groups is 1. The molecule has 2 aromatic rings. The molecule has 2 aromatic heterocycles. The van der Waals surface area contributed by atoms with E-state index in [4.69, 9.17) is 0 Å². The molecule has 19 heavy (non-hydrogen) atoms. The minimum atomic E-state index is -0.186. The van der Waals surface area contributed by atoms with Gasteiger partial charge in [-0.1, -0.05) is 11.8 Å². The summed E-state index contributed by atoms with van der Waals surface area (Å²) < 4.78 is 1.77. The van der Waals surface area contributed by atoms with Gasteiger partial charge in [0.2, 0.25) is 17.0 Å². The van der Waals surface area contributed by atoms with Gasteiger partial charge in [0.25, 0.3) is 0 Å². The van der Waals surface area contributed by atoms with Gasteiger partial charge in [0.05, 0.1) is 11.8 Å². The monoisotopic (exact) mass is 280 g/mol. The average molecular weight is 280 g/mol. The summed E-state index contributed by atoms with van der Waals surface area (Å²) in [5.41, 5.74) is 0. The van der Waals surface area contributed by atoms with Gasteiger partial charge in [0.15, 0.2) is 0 Å². The van der Waals surface area contributed by atoms with Crippen LogP contribution in [0.5, 0.6) is 0 Å². The topological polar surface area (TPSA) is 114 Å². The highest BCUT2D eigenvalue weighted by molar-refractivity contribution is 7.99. The minimum absolute atomic E-state index is 0.186. The lowest BCUT2D eigenvalue weighted by Crippen LogP contribution is -2.15. The van der Waals surface area contributed by atoms with Gasteiger partial charge < -0.3 is 0 Å². The van der Waals surface area contributed by atoms with E-state index in [0.717, 1.165) is 12.8 Å². The van der Waals surface area contributed by atoms with Gasteiger partial charge in [0.1, 0.15) is 5.82 Å². The summed E-state index contributed by atoms with van der Waals surface area (Å²) in [6.45, 7) is 1.77. The molecule has 10 heteroatoms. The van der Waals surface area contributed by atoms with Crippen molar-refractivity contribution in [2.75, 3.05) is 11.1 Å². The number of amides is 1. The number of carbonyl (C=O) groups is 1. The van der Waals surface area contributed by atoms with Crippen LogP contribution in [0.4, 0.5) is 5.95 Å².